The number of rotatable bonds is 4. The van der Waals surface area contributed by atoms with Crippen LogP contribution in [0.25, 0.3) is 11.0 Å². The Bertz CT molecular complexity index is 475. The average molecular weight is 220 g/mol. The molecule has 0 fully saturated rings. The molecule has 0 aliphatic heterocycles. The third-order valence-corrected chi connectivity index (χ3v) is 2.93. The number of nitrogens with zero attached hydrogens (tertiary/aromatic N) is 1. The van der Waals surface area contributed by atoms with Gasteiger partial charge in [0.1, 0.15) is 11.4 Å². The minimum atomic E-state index is -0.349. The number of fused-ring (bicyclic) bond motifs is 1. The van der Waals surface area contributed by atoms with Gasteiger partial charge in [-0.25, -0.2) is 4.98 Å². The zero-order valence-corrected chi connectivity index (χ0v) is 9.53. The van der Waals surface area contributed by atoms with Gasteiger partial charge in [0, 0.05) is 6.20 Å². The van der Waals surface area contributed by atoms with Crippen LogP contribution < -0.4 is 5.32 Å². The van der Waals surface area contributed by atoms with Crippen LogP contribution in [0.15, 0.2) is 29.0 Å². The van der Waals surface area contributed by atoms with E-state index in [9.17, 15) is 5.11 Å². The fraction of sp³-hybridized carbons (Fsp3) is 0.417. The molecule has 0 radical (unpaired) electrons. The van der Waals surface area contributed by atoms with Gasteiger partial charge in [-0.3, -0.25) is 0 Å². The van der Waals surface area contributed by atoms with Crippen LogP contribution in [0.1, 0.15) is 20.3 Å². The molecule has 2 N–H and O–H groups in total. The monoisotopic (exact) mass is 220 g/mol. The summed E-state index contributed by atoms with van der Waals surface area (Å²) in [5.41, 5.74) is 0.451. The highest BCUT2D eigenvalue weighted by atomic mass is 16.3. The molecular weight excluding hydrogens is 204 g/mol. The van der Waals surface area contributed by atoms with Crippen LogP contribution in [0, 0.1) is 0 Å². The smallest absolute Gasteiger partial charge is 0.139 e. The predicted molar refractivity (Wildman–Crippen MR) is 63.4 cm³/mol. The van der Waals surface area contributed by atoms with Gasteiger partial charge in [-0.2, -0.15) is 0 Å². The van der Waals surface area contributed by atoms with E-state index in [1.165, 1.54) is 0 Å². The Hall–Kier alpha value is -1.55. The molecule has 4 nitrogen and oxygen atoms in total. The Morgan fingerprint density at radius 2 is 2.31 bits per heavy atom. The molecule has 0 amide bonds. The van der Waals surface area contributed by atoms with Crippen LogP contribution in [0.3, 0.4) is 0 Å². The number of hydrogen-bond donors (Lipinski definition) is 2. The van der Waals surface area contributed by atoms with Crippen molar-refractivity contribution in [2.75, 3.05) is 11.9 Å². The van der Waals surface area contributed by atoms with Crippen LogP contribution in [-0.2, 0) is 0 Å². The van der Waals surface area contributed by atoms with Crippen LogP contribution in [-0.4, -0.2) is 22.2 Å². The Labute approximate surface area is 94.3 Å². The van der Waals surface area contributed by atoms with E-state index in [0.29, 0.717) is 0 Å². The minimum Gasteiger partial charge on any atom is -0.464 e. The van der Waals surface area contributed by atoms with Gasteiger partial charge in [-0.05, 0) is 25.5 Å². The first-order chi connectivity index (χ1) is 7.68. The summed E-state index contributed by atoms with van der Waals surface area (Å²) in [6, 6.07) is 3.70. The quantitative estimate of drug-likeness (QED) is 0.830. The molecule has 86 valence electrons. The zero-order valence-electron chi connectivity index (χ0n) is 9.53. The van der Waals surface area contributed by atoms with E-state index in [1.807, 2.05) is 26.0 Å². The number of aliphatic hydroxyl groups excluding tert-OH is 1. The highest BCUT2D eigenvalue weighted by Gasteiger charge is 2.22. The van der Waals surface area contributed by atoms with E-state index in [-0.39, 0.29) is 12.1 Å². The van der Waals surface area contributed by atoms with Crippen molar-refractivity contribution in [2.24, 2.45) is 0 Å². The average Bonchev–Trinajstić information content (AvgIpc) is 2.78. The van der Waals surface area contributed by atoms with Crippen molar-refractivity contribution in [3.8, 4) is 0 Å². The summed E-state index contributed by atoms with van der Waals surface area (Å²) in [6.45, 7) is 4.06. The Balaban J connectivity index is 2.37. The van der Waals surface area contributed by atoms with Crippen molar-refractivity contribution >= 4 is 16.8 Å². The normalized spacial score (nSPS) is 14.9. The second-order valence-electron chi connectivity index (χ2n) is 4.19. The van der Waals surface area contributed by atoms with E-state index in [2.05, 4.69) is 10.3 Å². The van der Waals surface area contributed by atoms with Gasteiger partial charge in [0.2, 0.25) is 0 Å². The van der Waals surface area contributed by atoms with Gasteiger partial charge < -0.3 is 14.8 Å². The fourth-order valence-electron chi connectivity index (χ4n) is 1.52. The van der Waals surface area contributed by atoms with Crippen LogP contribution in [0.5, 0.6) is 0 Å². The first-order valence-electron chi connectivity index (χ1n) is 5.40. The number of furan rings is 1. The Morgan fingerprint density at radius 3 is 3.00 bits per heavy atom. The maximum Gasteiger partial charge on any atom is 0.139 e. The van der Waals surface area contributed by atoms with Gasteiger partial charge in [-0.15, -0.1) is 0 Å². The largest absolute Gasteiger partial charge is 0.464 e. The third kappa shape index (κ3) is 1.88. The maximum absolute atomic E-state index is 9.36. The number of pyridine rings is 1. The first kappa shape index (κ1) is 11.0. The van der Waals surface area contributed by atoms with E-state index in [4.69, 9.17) is 4.42 Å². The minimum absolute atomic E-state index is 0.0689. The lowest BCUT2D eigenvalue weighted by molar-refractivity contribution is 0.218. The number of nitrogens with one attached hydrogen (secondary N) is 1. The molecule has 2 aromatic rings. The number of anilines is 1. The first-order valence-corrected chi connectivity index (χ1v) is 5.40. The molecule has 16 heavy (non-hydrogen) atoms. The molecule has 0 spiro atoms. The van der Waals surface area contributed by atoms with Gasteiger partial charge in [0.15, 0.2) is 0 Å². The van der Waals surface area contributed by atoms with Crippen LogP contribution in [0.4, 0.5) is 5.82 Å². The lowest BCUT2D eigenvalue weighted by atomic mass is 10.0. The van der Waals surface area contributed by atoms with Crippen molar-refractivity contribution in [1.82, 2.24) is 4.98 Å². The third-order valence-electron chi connectivity index (χ3n) is 2.93. The van der Waals surface area contributed by atoms with Crippen LogP contribution >= 0.6 is 0 Å². The molecule has 0 saturated heterocycles. The molecule has 0 saturated carbocycles. The summed E-state index contributed by atoms with van der Waals surface area (Å²) in [4.78, 5) is 4.28. The number of aromatic nitrogens is 1. The van der Waals surface area contributed by atoms with Crippen molar-refractivity contribution in [3.63, 3.8) is 0 Å². The van der Waals surface area contributed by atoms with Gasteiger partial charge >= 0.3 is 0 Å². The molecule has 0 aliphatic carbocycles. The predicted octanol–water partition coefficient (Wildman–Crippen LogP) is 2.40. The molecule has 0 bridgehead atoms. The molecular formula is C12H16N2O2. The second-order valence-corrected chi connectivity index (χ2v) is 4.19. The lowest BCUT2D eigenvalue weighted by Gasteiger charge is -2.27. The van der Waals surface area contributed by atoms with E-state index in [0.717, 1.165) is 23.2 Å². The number of aliphatic hydroxyl groups is 1. The molecule has 2 heterocycles. The molecule has 1 unspecified atom stereocenters. The van der Waals surface area contributed by atoms with Crippen molar-refractivity contribution in [2.45, 2.75) is 25.8 Å². The SMILES string of the molecule is CCC(C)(CO)Nc1nccc2occc12. The van der Waals surface area contributed by atoms with E-state index < -0.39 is 0 Å². The van der Waals surface area contributed by atoms with Gasteiger partial charge in [-0.1, -0.05) is 6.92 Å². The van der Waals surface area contributed by atoms with Gasteiger partial charge in [0.05, 0.1) is 23.8 Å². The highest BCUT2D eigenvalue weighted by molar-refractivity contribution is 5.88. The summed E-state index contributed by atoms with van der Waals surface area (Å²) in [5.74, 6) is 0.754. The zero-order chi connectivity index (χ0) is 11.6. The van der Waals surface area contributed by atoms with E-state index >= 15 is 0 Å². The Morgan fingerprint density at radius 1 is 1.50 bits per heavy atom. The Kier molecular flexibility index (Phi) is 2.83. The summed E-state index contributed by atoms with van der Waals surface area (Å²) in [6.07, 6.45) is 4.15. The molecule has 4 heteroatoms. The van der Waals surface area contributed by atoms with Crippen LogP contribution in [0.2, 0.25) is 0 Å². The van der Waals surface area contributed by atoms with E-state index in [1.54, 1.807) is 12.5 Å². The van der Waals surface area contributed by atoms with Crippen molar-refractivity contribution in [1.29, 1.82) is 0 Å². The summed E-state index contributed by atoms with van der Waals surface area (Å²) in [7, 11) is 0. The van der Waals surface area contributed by atoms with Gasteiger partial charge in [0.25, 0.3) is 0 Å². The molecule has 2 rings (SSSR count). The van der Waals surface area contributed by atoms with Crippen molar-refractivity contribution in [3.05, 3.63) is 24.6 Å². The van der Waals surface area contributed by atoms with Crippen molar-refractivity contribution < 1.29 is 9.52 Å². The molecule has 2 aromatic heterocycles. The number of hydrogen-bond acceptors (Lipinski definition) is 4. The maximum atomic E-state index is 9.36. The molecule has 1 atom stereocenters. The molecule has 0 aromatic carbocycles. The summed E-state index contributed by atoms with van der Waals surface area (Å²) < 4.78 is 5.30. The second kappa shape index (κ2) is 4.14. The highest BCUT2D eigenvalue weighted by Crippen LogP contribution is 2.25. The molecule has 0 aliphatic rings. The fourth-order valence-corrected chi connectivity index (χ4v) is 1.52. The summed E-state index contributed by atoms with van der Waals surface area (Å²) >= 11 is 0. The topological polar surface area (TPSA) is 58.3 Å². The standard InChI is InChI=1S/C12H16N2O2/c1-3-12(2,8-15)14-11-9-5-7-16-10(9)4-6-13-11/h4-7,15H,3,8H2,1-2H3,(H,13,14). The summed E-state index contributed by atoms with van der Waals surface area (Å²) in [5, 5.41) is 13.6. The lowest BCUT2D eigenvalue weighted by Crippen LogP contribution is -2.38.